The van der Waals surface area contributed by atoms with Crippen molar-refractivity contribution in [2.75, 3.05) is 7.11 Å². The van der Waals surface area contributed by atoms with Gasteiger partial charge in [-0.15, -0.1) is 0 Å². The molecule has 0 radical (unpaired) electrons. The molecular formula is C25H31N3O2. The Labute approximate surface area is 178 Å². The summed E-state index contributed by atoms with van der Waals surface area (Å²) in [5.74, 6) is 0.0130. The highest BCUT2D eigenvalue weighted by Crippen LogP contribution is 2.39. The zero-order valence-electron chi connectivity index (χ0n) is 18.4. The van der Waals surface area contributed by atoms with Crippen LogP contribution in [-0.4, -0.2) is 28.7 Å². The third kappa shape index (κ3) is 4.79. The lowest BCUT2D eigenvalue weighted by Crippen LogP contribution is -2.42. The summed E-state index contributed by atoms with van der Waals surface area (Å²) in [4.78, 5) is 17.2. The van der Waals surface area contributed by atoms with Gasteiger partial charge in [-0.1, -0.05) is 80.9 Å². The van der Waals surface area contributed by atoms with Crippen LogP contribution in [0.25, 0.3) is 11.3 Å². The molecule has 0 aliphatic heterocycles. The van der Waals surface area contributed by atoms with E-state index in [4.69, 9.17) is 15.5 Å². The molecule has 30 heavy (non-hydrogen) atoms. The zero-order valence-corrected chi connectivity index (χ0v) is 18.4. The van der Waals surface area contributed by atoms with Crippen molar-refractivity contribution in [1.29, 1.82) is 0 Å². The maximum absolute atomic E-state index is 12.2. The number of carbonyl (C=O) groups excluding carboxylic acids is 1. The first-order chi connectivity index (χ1) is 14.2. The molecule has 5 nitrogen and oxygen atoms in total. The van der Waals surface area contributed by atoms with E-state index in [-0.39, 0.29) is 11.3 Å². The van der Waals surface area contributed by atoms with Crippen LogP contribution < -0.4 is 5.73 Å². The lowest BCUT2D eigenvalue weighted by Gasteiger charge is -2.34. The first kappa shape index (κ1) is 21.8. The van der Waals surface area contributed by atoms with Gasteiger partial charge in [-0.25, -0.2) is 4.98 Å². The number of hydrogen-bond acceptors (Lipinski definition) is 3. The highest BCUT2D eigenvalue weighted by atomic mass is 16.5. The lowest BCUT2D eigenvalue weighted by atomic mass is 9.76. The Morgan fingerprint density at radius 3 is 2.27 bits per heavy atom. The predicted octanol–water partition coefficient (Wildman–Crippen LogP) is 4.54. The van der Waals surface area contributed by atoms with Gasteiger partial charge in [0.25, 0.3) is 0 Å². The molecular weight excluding hydrogens is 374 g/mol. The second-order valence-electron chi connectivity index (χ2n) is 8.87. The zero-order chi connectivity index (χ0) is 21.9. The number of primary amides is 1. The fourth-order valence-electron chi connectivity index (χ4n) is 3.84. The highest BCUT2D eigenvalue weighted by molar-refractivity contribution is 5.80. The molecule has 5 heteroatoms. The minimum atomic E-state index is -0.771. The van der Waals surface area contributed by atoms with Crippen molar-refractivity contribution >= 4 is 5.91 Å². The molecule has 1 heterocycles. The molecule has 3 rings (SSSR count). The summed E-state index contributed by atoms with van der Waals surface area (Å²) in [6, 6.07) is 18.5. The summed E-state index contributed by atoms with van der Waals surface area (Å²) in [7, 11) is 1.53. The number of benzene rings is 2. The minimum Gasteiger partial charge on any atom is -0.371 e. The van der Waals surface area contributed by atoms with E-state index in [0.29, 0.717) is 6.54 Å². The van der Waals surface area contributed by atoms with Crippen LogP contribution in [0, 0.1) is 12.3 Å². The number of amides is 1. The first-order valence-electron chi connectivity index (χ1n) is 10.2. The third-order valence-corrected chi connectivity index (χ3v) is 5.40. The molecule has 1 unspecified atom stereocenters. The number of hydrogen-bond donors (Lipinski definition) is 1. The Morgan fingerprint density at radius 1 is 1.10 bits per heavy atom. The Bertz CT molecular complexity index is 985. The molecule has 0 aliphatic carbocycles. The molecule has 2 atom stereocenters. The topological polar surface area (TPSA) is 70.1 Å². The van der Waals surface area contributed by atoms with Crippen LogP contribution in [-0.2, 0) is 16.1 Å². The number of carbonyl (C=O) groups is 1. The van der Waals surface area contributed by atoms with E-state index in [1.165, 1.54) is 12.7 Å². The Morgan fingerprint density at radius 2 is 1.73 bits per heavy atom. The van der Waals surface area contributed by atoms with Crippen molar-refractivity contribution in [3.63, 3.8) is 0 Å². The van der Waals surface area contributed by atoms with Crippen molar-refractivity contribution in [3.05, 3.63) is 77.7 Å². The van der Waals surface area contributed by atoms with Crippen LogP contribution in [0.2, 0.25) is 0 Å². The van der Waals surface area contributed by atoms with Gasteiger partial charge in [-0.3, -0.25) is 4.79 Å². The van der Waals surface area contributed by atoms with Gasteiger partial charge >= 0.3 is 0 Å². The van der Waals surface area contributed by atoms with E-state index >= 15 is 0 Å². The molecule has 158 valence electrons. The predicted molar refractivity (Wildman–Crippen MR) is 120 cm³/mol. The molecule has 0 saturated carbocycles. The molecule has 1 aromatic heterocycles. The summed E-state index contributed by atoms with van der Waals surface area (Å²) in [6.07, 6.45) is 1.28. The molecule has 0 bridgehead atoms. The van der Waals surface area contributed by atoms with Crippen LogP contribution in [0.1, 0.15) is 43.6 Å². The number of nitrogens with zero attached hydrogens (tertiary/aromatic N) is 2. The normalized spacial score (nSPS) is 13.8. The Kier molecular flexibility index (Phi) is 6.42. The van der Waals surface area contributed by atoms with Gasteiger partial charge in [-0.2, -0.15) is 0 Å². The number of imidazole rings is 1. The number of aromatic nitrogens is 2. The third-order valence-electron chi connectivity index (χ3n) is 5.40. The molecule has 3 aromatic rings. The number of rotatable bonds is 7. The summed E-state index contributed by atoms with van der Waals surface area (Å²) in [6.45, 7) is 8.96. The van der Waals surface area contributed by atoms with Crippen LogP contribution in [0.3, 0.4) is 0 Å². The Hall–Kier alpha value is -2.92. The SMILES string of the molecule is COC(C(N)=O)[C@@H](c1nc(-c2ccc(C)cc2)cn1Cc1ccccc1)C(C)(C)C. The summed E-state index contributed by atoms with van der Waals surface area (Å²) >= 11 is 0. The molecule has 0 spiro atoms. The van der Waals surface area contributed by atoms with E-state index < -0.39 is 12.0 Å². The second kappa shape index (κ2) is 8.84. The summed E-state index contributed by atoms with van der Waals surface area (Å²) in [5.41, 5.74) is 9.69. The molecule has 1 amide bonds. The molecule has 0 fully saturated rings. The fraction of sp³-hybridized carbons (Fsp3) is 0.360. The minimum absolute atomic E-state index is 0.292. The van der Waals surface area contributed by atoms with Gasteiger partial charge < -0.3 is 15.0 Å². The largest absolute Gasteiger partial charge is 0.371 e. The van der Waals surface area contributed by atoms with Gasteiger partial charge in [0, 0.05) is 25.4 Å². The summed E-state index contributed by atoms with van der Waals surface area (Å²) in [5, 5.41) is 0. The quantitative estimate of drug-likeness (QED) is 0.627. The summed E-state index contributed by atoms with van der Waals surface area (Å²) < 4.78 is 7.68. The second-order valence-corrected chi connectivity index (χ2v) is 8.87. The maximum atomic E-state index is 12.2. The molecule has 2 aromatic carbocycles. The van der Waals surface area contributed by atoms with Crippen LogP contribution in [0.5, 0.6) is 0 Å². The van der Waals surface area contributed by atoms with E-state index in [0.717, 1.165) is 22.6 Å². The monoisotopic (exact) mass is 405 g/mol. The fourth-order valence-corrected chi connectivity index (χ4v) is 3.84. The van der Waals surface area contributed by atoms with Crippen LogP contribution in [0.4, 0.5) is 0 Å². The van der Waals surface area contributed by atoms with Gasteiger partial charge in [0.05, 0.1) is 11.6 Å². The maximum Gasteiger partial charge on any atom is 0.247 e. The van der Waals surface area contributed by atoms with E-state index in [1.807, 2.05) is 18.2 Å². The highest BCUT2D eigenvalue weighted by Gasteiger charge is 2.40. The van der Waals surface area contributed by atoms with Crippen molar-refractivity contribution < 1.29 is 9.53 Å². The van der Waals surface area contributed by atoms with Gasteiger partial charge in [-0.05, 0) is 17.9 Å². The smallest absolute Gasteiger partial charge is 0.247 e. The average Bonchev–Trinajstić information content (AvgIpc) is 3.09. The molecule has 2 N–H and O–H groups in total. The number of ether oxygens (including phenoxy) is 1. The number of methoxy groups -OCH3 is 1. The molecule has 0 aliphatic rings. The molecule has 0 saturated heterocycles. The van der Waals surface area contributed by atoms with E-state index in [9.17, 15) is 4.79 Å². The van der Waals surface area contributed by atoms with Gasteiger partial charge in [0.15, 0.2) is 0 Å². The van der Waals surface area contributed by atoms with Crippen molar-refractivity contribution in [2.24, 2.45) is 11.1 Å². The van der Waals surface area contributed by atoms with Crippen LogP contribution in [0.15, 0.2) is 60.8 Å². The van der Waals surface area contributed by atoms with Gasteiger partial charge in [0.2, 0.25) is 5.91 Å². The van der Waals surface area contributed by atoms with Gasteiger partial charge in [0.1, 0.15) is 11.9 Å². The number of aryl methyl sites for hydroxylation is 1. The standard InChI is InChI=1S/C25H31N3O2/c1-17-11-13-19(14-12-17)20-16-28(15-18-9-7-6-8-10-18)24(27-20)21(25(2,3)4)22(30-5)23(26)29/h6-14,16,21-22H,15H2,1-5H3,(H2,26,29)/t21-,22?/m0/s1. The van der Waals surface area contributed by atoms with E-state index in [2.05, 4.69) is 74.9 Å². The lowest BCUT2D eigenvalue weighted by molar-refractivity contribution is -0.131. The van der Waals surface area contributed by atoms with Crippen molar-refractivity contribution in [1.82, 2.24) is 9.55 Å². The van der Waals surface area contributed by atoms with Crippen LogP contribution >= 0.6 is 0 Å². The van der Waals surface area contributed by atoms with E-state index in [1.54, 1.807) is 0 Å². The first-order valence-corrected chi connectivity index (χ1v) is 10.2. The average molecular weight is 406 g/mol. The van der Waals surface area contributed by atoms with Crippen molar-refractivity contribution in [3.8, 4) is 11.3 Å². The number of nitrogens with two attached hydrogens (primary N) is 1. The Balaban J connectivity index is 2.15. The van der Waals surface area contributed by atoms with Crippen molar-refractivity contribution in [2.45, 2.75) is 46.3 Å².